The largest absolute Gasteiger partial charge is 0.454 e. The van der Waals surface area contributed by atoms with Gasteiger partial charge in [-0.1, -0.05) is 0 Å². The zero-order valence-electron chi connectivity index (χ0n) is 14.2. The number of pyridine rings is 1. The van der Waals surface area contributed by atoms with Crippen LogP contribution in [0, 0.1) is 6.92 Å². The molecule has 3 rings (SSSR count). The van der Waals surface area contributed by atoms with E-state index in [9.17, 15) is 4.79 Å². The lowest BCUT2D eigenvalue weighted by atomic mass is 10.2. The number of hydrogen-bond acceptors (Lipinski definition) is 5. The summed E-state index contributed by atoms with van der Waals surface area (Å²) in [5.74, 6) is 1.73. The Morgan fingerprint density at radius 3 is 2.62 bits per heavy atom. The average Bonchev–Trinajstić information content (AvgIpc) is 2.93. The van der Waals surface area contributed by atoms with Crippen LogP contribution in [0.15, 0.2) is 36.5 Å². The topological polar surface area (TPSA) is 60.9 Å². The third-order valence-electron chi connectivity index (χ3n) is 3.32. The molecule has 2 heterocycles. The quantitative estimate of drug-likeness (QED) is 0.827. The Bertz CT molecular complexity index is 768. The van der Waals surface area contributed by atoms with Crippen LogP contribution in [0.1, 0.15) is 26.3 Å². The van der Waals surface area contributed by atoms with Crippen LogP contribution in [-0.4, -0.2) is 23.5 Å². The summed E-state index contributed by atoms with van der Waals surface area (Å²) in [7, 11) is 0. The van der Waals surface area contributed by atoms with E-state index in [1.807, 2.05) is 39.8 Å². The van der Waals surface area contributed by atoms with Crippen molar-refractivity contribution in [3.05, 3.63) is 42.1 Å². The van der Waals surface area contributed by atoms with E-state index in [0.717, 1.165) is 5.56 Å². The van der Waals surface area contributed by atoms with Gasteiger partial charge in [0.1, 0.15) is 11.4 Å². The zero-order valence-corrected chi connectivity index (χ0v) is 14.2. The van der Waals surface area contributed by atoms with Gasteiger partial charge in [-0.15, -0.1) is 0 Å². The Labute approximate surface area is 141 Å². The molecule has 0 saturated carbocycles. The normalized spacial score (nSPS) is 12.8. The highest BCUT2D eigenvalue weighted by Gasteiger charge is 2.27. The minimum Gasteiger partial charge on any atom is -0.454 e. The fourth-order valence-corrected chi connectivity index (χ4v) is 2.31. The molecule has 0 N–H and O–H groups in total. The predicted octanol–water partition coefficient (Wildman–Crippen LogP) is 4.19. The first-order valence-corrected chi connectivity index (χ1v) is 7.69. The van der Waals surface area contributed by atoms with E-state index in [2.05, 4.69) is 4.98 Å². The van der Waals surface area contributed by atoms with E-state index >= 15 is 0 Å². The lowest BCUT2D eigenvalue weighted by molar-refractivity contribution is 0.0598. The molecule has 1 aromatic carbocycles. The van der Waals surface area contributed by atoms with E-state index in [1.54, 1.807) is 24.4 Å². The Morgan fingerprint density at radius 2 is 1.92 bits per heavy atom. The Morgan fingerprint density at radius 1 is 1.17 bits per heavy atom. The first-order valence-electron chi connectivity index (χ1n) is 7.69. The van der Waals surface area contributed by atoms with E-state index in [-0.39, 0.29) is 6.79 Å². The third-order valence-corrected chi connectivity index (χ3v) is 3.32. The van der Waals surface area contributed by atoms with Crippen LogP contribution in [0.5, 0.6) is 11.5 Å². The summed E-state index contributed by atoms with van der Waals surface area (Å²) in [6.45, 7) is 7.59. The van der Waals surface area contributed by atoms with Gasteiger partial charge in [0, 0.05) is 12.3 Å². The van der Waals surface area contributed by atoms with Gasteiger partial charge >= 0.3 is 6.09 Å². The highest BCUT2D eigenvalue weighted by molar-refractivity contribution is 5.95. The molecule has 1 amide bonds. The molecule has 6 nitrogen and oxygen atoms in total. The average molecular weight is 328 g/mol. The Kier molecular flexibility index (Phi) is 4.05. The highest BCUT2D eigenvalue weighted by Crippen LogP contribution is 2.37. The number of amides is 1. The number of carbonyl (C=O) groups is 1. The number of rotatable bonds is 2. The van der Waals surface area contributed by atoms with Crippen molar-refractivity contribution < 1.29 is 19.0 Å². The van der Waals surface area contributed by atoms with Crippen LogP contribution in [-0.2, 0) is 4.74 Å². The van der Waals surface area contributed by atoms with Gasteiger partial charge in [-0.3, -0.25) is 0 Å². The summed E-state index contributed by atoms with van der Waals surface area (Å²) in [5, 5.41) is 0. The maximum Gasteiger partial charge on any atom is 0.420 e. The second kappa shape index (κ2) is 6.03. The summed E-state index contributed by atoms with van der Waals surface area (Å²) in [5.41, 5.74) is 0.982. The molecule has 0 atom stereocenters. The number of hydrogen-bond donors (Lipinski definition) is 0. The van der Waals surface area contributed by atoms with Gasteiger partial charge in [0.15, 0.2) is 11.5 Å². The first kappa shape index (κ1) is 16.1. The fraction of sp³-hybridized carbons (Fsp3) is 0.333. The lowest BCUT2D eigenvalue weighted by Gasteiger charge is -2.27. The van der Waals surface area contributed by atoms with Gasteiger partial charge in [0.2, 0.25) is 6.79 Å². The van der Waals surface area contributed by atoms with Crippen LogP contribution < -0.4 is 14.4 Å². The van der Waals surface area contributed by atoms with Crippen molar-refractivity contribution >= 4 is 17.6 Å². The van der Waals surface area contributed by atoms with Gasteiger partial charge in [-0.2, -0.15) is 0 Å². The molecule has 1 aromatic heterocycles. The fourth-order valence-electron chi connectivity index (χ4n) is 2.31. The predicted molar refractivity (Wildman–Crippen MR) is 89.9 cm³/mol. The molecule has 24 heavy (non-hydrogen) atoms. The molecule has 1 aliphatic rings. The van der Waals surface area contributed by atoms with Crippen LogP contribution in [0.4, 0.5) is 16.3 Å². The van der Waals surface area contributed by atoms with Crippen LogP contribution in [0.25, 0.3) is 0 Å². The molecule has 126 valence electrons. The van der Waals surface area contributed by atoms with Crippen molar-refractivity contribution in [3.63, 3.8) is 0 Å². The monoisotopic (exact) mass is 328 g/mol. The minimum absolute atomic E-state index is 0.175. The van der Waals surface area contributed by atoms with Crippen molar-refractivity contribution in [2.24, 2.45) is 0 Å². The number of fused-ring (bicyclic) bond motifs is 1. The number of nitrogens with zero attached hydrogens (tertiary/aromatic N) is 2. The number of benzene rings is 1. The smallest absolute Gasteiger partial charge is 0.420 e. The molecular formula is C18H20N2O4. The summed E-state index contributed by atoms with van der Waals surface area (Å²) in [6, 6.07) is 8.99. The molecule has 0 radical (unpaired) electrons. The summed E-state index contributed by atoms with van der Waals surface area (Å²) in [4.78, 5) is 18.5. The molecule has 0 bridgehead atoms. The summed E-state index contributed by atoms with van der Waals surface area (Å²) < 4.78 is 16.3. The highest BCUT2D eigenvalue weighted by atomic mass is 16.7. The van der Waals surface area contributed by atoms with E-state index < -0.39 is 11.7 Å². The lowest BCUT2D eigenvalue weighted by Crippen LogP contribution is -2.34. The SMILES string of the molecule is Cc1ccnc(N(C(=O)OC(C)(C)C)c2ccc3c(c2)OCO3)c1. The molecular weight excluding hydrogens is 308 g/mol. The molecule has 0 spiro atoms. The first-order chi connectivity index (χ1) is 11.3. The van der Waals surface area contributed by atoms with Crippen molar-refractivity contribution in [2.75, 3.05) is 11.7 Å². The van der Waals surface area contributed by atoms with Crippen molar-refractivity contribution in [1.82, 2.24) is 4.98 Å². The maximum absolute atomic E-state index is 12.8. The van der Waals surface area contributed by atoms with Gasteiger partial charge in [0.05, 0.1) is 5.69 Å². The van der Waals surface area contributed by atoms with E-state index in [1.165, 1.54) is 4.90 Å². The molecule has 0 unspecified atom stereocenters. The minimum atomic E-state index is -0.616. The number of carbonyl (C=O) groups excluding carboxylic acids is 1. The summed E-state index contributed by atoms with van der Waals surface area (Å²) >= 11 is 0. The molecule has 0 saturated heterocycles. The Balaban J connectivity index is 2.03. The molecule has 0 fully saturated rings. The number of ether oxygens (including phenoxy) is 3. The van der Waals surface area contributed by atoms with Gasteiger partial charge in [0.25, 0.3) is 0 Å². The zero-order chi connectivity index (χ0) is 17.3. The second-order valence-corrected chi connectivity index (χ2v) is 6.54. The van der Waals surface area contributed by atoms with Crippen LogP contribution in [0.3, 0.4) is 0 Å². The maximum atomic E-state index is 12.8. The van der Waals surface area contributed by atoms with Crippen molar-refractivity contribution in [1.29, 1.82) is 0 Å². The summed E-state index contributed by atoms with van der Waals surface area (Å²) in [6.07, 6.45) is 1.16. The van der Waals surface area contributed by atoms with Crippen LogP contribution >= 0.6 is 0 Å². The van der Waals surface area contributed by atoms with E-state index in [0.29, 0.717) is 23.0 Å². The number of aryl methyl sites for hydroxylation is 1. The van der Waals surface area contributed by atoms with Crippen molar-refractivity contribution in [2.45, 2.75) is 33.3 Å². The second-order valence-electron chi connectivity index (χ2n) is 6.54. The van der Waals surface area contributed by atoms with Crippen LogP contribution in [0.2, 0.25) is 0 Å². The molecule has 2 aromatic rings. The van der Waals surface area contributed by atoms with Gasteiger partial charge < -0.3 is 14.2 Å². The van der Waals surface area contributed by atoms with Crippen molar-refractivity contribution in [3.8, 4) is 11.5 Å². The number of anilines is 2. The van der Waals surface area contributed by atoms with Gasteiger partial charge in [-0.05, 0) is 57.5 Å². The third kappa shape index (κ3) is 3.42. The number of aromatic nitrogens is 1. The Hall–Kier alpha value is -2.76. The molecule has 6 heteroatoms. The molecule has 0 aliphatic carbocycles. The van der Waals surface area contributed by atoms with E-state index in [4.69, 9.17) is 14.2 Å². The molecule has 1 aliphatic heterocycles. The standard InChI is InChI=1S/C18H20N2O4/c1-12-7-8-19-16(9-12)20(17(21)24-18(2,3)4)13-5-6-14-15(10-13)23-11-22-14/h5-10H,11H2,1-4H3. The van der Waals surface area contributed by atoms with Gasteiger partial charge in [-0.25, -0.2) is 14.7 Å².